The van der Waals surface area contributed by atoms with Gasteiger partial charge in [-0.3, -0.25) is 0 Å². The summed E-state index contributed by atoms with van der Waals surface area (Å²) in [7, 11) is 1.57. The summed E-state index contributed by atoms with van der Waals surface area (Å²) in [4.78, 5) is 0. The molecular formula is C10H12BrCl2NO. The van der Waals surface area contributed by atoms with E-state index in [1.165, 1.54) is 0 Å². The van der Waals surface area contributed by atoms with E-state index in [0.717, 1.165) is 24.0 Å². The maximum Gasteiger partial charge on any atom is 0.138 e. The normalized spacial score (nSPS) is 10.4. The van der Waals surface area contributed by atoms with Crippen molar-refractivity contribution in [2.24, 2.45) is 0 Å². The quantitative estimate of drug-likeness (QED) is 0.510. The first-order chi connectivity index (χ1) is 7.20. The Kier molecular flexibility index (Phi) is 5.75. The van der Waals surface area contributed by atoms with E-state index in [0.29, 0.717) is 15.8 Å². The highest BCUT2D eigenvalue weighted by atomic mass is 79.9. The van der Waals surface area contributed by atoms with Crippen molar-refractivity contribution in [1.29, 1.82) is 0 Å². The number of benzene rings is 1. The van der Waals surface area contributed by atoms with Crippen LogP contribution >= 0.6 is 39.1 Å². The number of alkyl halides is 1. The van der Waals surface area contributed by atoms with Crippen LogP contribution in [0.3, 0.4) is 0 Å². The predicted molar refractivity (Wildman–Crippen MR) is 68.5 cm³/mol. The second kappa shape index (κ2) is 6.59. The first-order valence-electron chi connectivity index (χ1n) is 4.48. The monoisotopic (exact) mass is 311 g/mol. The zero-order valence-electron chi connectivity index (χ0n) is 8.32. The molecule has 1 aromatic carbocycles. The molecule has 84 valence electrons. The minimum Gasteiger partial charge on any atom is -0.495 e. The predicted octanol–water partition coefficient (Wildman–Crippen LogP) is 3.49. The van der Waals surface area contributed by atoms with Gasteiger partial charge in [-0.25, -0.2) is 0 Å². The minimum atomic E-state index is 0.482. The van der Waals surface area contributed by atoms with Crippen LogP contribution in [0.5, 0.6) is 5.75 Å². The minimum absolute atomic E-state index is 0.482. The highest BCUT2D eigenvalue weighted by Crippen LogP contribution is 2.34. The fraction of sp³-hybridized carbons (Fsp3) is 0.400. The maximum atomic E-state index is 6.10. The molecule has 1 N–H and O–H groups in total. The lowest BCUT2D eigenvalue weighted by Crippen LogP contribution is -2.14. The van der Waals surface area contributed by atoms with Crippen molar-refractivity contribution >= 4 is 39.1 Å². The summed E-state index contributed by atoms with van der Waals surface area (Å²) < 4.78 is 5.07. The van der Waals surface area contributed by atoms with E-state index in [1.54, 1.807) is 7.11 Å². The van der Waals surface area contributed by atoms with Crippen LogP contribution in [-0.2, 0) is 6.42 Å². The summed E-state index contributed by atoms with van der Waals surface area (Å²) in [5.74, 6) is 0.610. The lowest BCUT2D eigenvalue weighted by Gasteiger charge is -2.09. The van der Waals surface area contributed by atoms with Crippen LogP contribution < -0.4 is 10.1 Å². The van der Waals surface area contributed by atoms with Crippen molar-refractivity contribution in [3.05, 3.63) is 27.7 Å². The molecule has 1 aromatic rings. The Morgan fingerprint density at radius 2 is 2.07 bits per heavy atom. The standard InChI is InChI=1S/C10H12BrCl2NO/c1-15-8-3-2-7(4-5-14-6-11)9(12)10(8)13/h2-3,14H,4-6H2,1H3. The van der Waals surface area contributed by atoms with E-state index in [2.05, 4.69) is 21.2 Å². The molecule has 0 unspecified atom stereocenters. The van der Waals surface area contributed by atoms with Crippen molar-refractivity contribution in [1.82, 2.24) is 5.32 Å². The molecule has 0 aliphatic carbocycles. The lowest BCUT2D eigenvalue weighted by molar-refractivity contribution is 0.415. The molecule has 0 aliphatic rings. The van der Waals surface area contributed by atoms with Gasteiger partial charge in [-0.2, -0.15) is 0 Å². The van der Waals surface area contributed by atoms with Gasteiger partial charge in [0.25, 0.3) is 0 Å². The molecule has 0 aromatic heterocycles. The third-order valence-electron chi connectivity index (χ3n) is 2.01. The van der Waals surface area contributed by atoms with E-state index in [-0.39, 0.29) is 0 Å². The molecule has 0 amide bonds. The van der Waals surface area contributed by atoms with Gasteiger partial charge >= 0.3 is 0 Å². The third kappa shape index (κ3) is 3.52. The smallest absolute Gasteiger partial charge is 0.138 e. The molecule has 0 saturated carbocycles. The summed E-state index contributed by atoms with van der Waals surface area (Å²) >= 11 is 15.4. The Balaban J connectivity index is 2.77. The Hall–Kier alpha value is 0.0400. The highest BCUT2D eigenvalue weighted by molar-refractivity contribution is 9.09. The Morgan fingerprint density at radius 1 is 1.33 bits per heavy atom. The molecule has 5 heteroatoms. The topological polar surface area (TPSA) is 21.3 Å². The van der Waals surface area contributed by atoms with Crippen molar-refractivity contribution in [3.63, 3.8) is 0 Å². The third-order valence-corrected chi connectivity index (χ3v) is 3.31. The van der Waals surface area contributed by atoms with Crippen LogP contribution in [0.2, 0.25) is 10.0 Å². The Morgan fingerprint density at radius 3 is 2.67 bits per heavy atom. The van der Waals surface area contributed by atoms with Crippen molar-refractivity contribution in [3.8, 4) is 5.75 Å². The van der Waals surface area contributed by atoms with E-state index >= 15 is 0 Å². The molecule has 0 atom stereocenters. The van der Waals surface area contributed by atoms with Gasteiger partial charge in [0, 0.05) is 6.54 Å². The SMILES string of the molecule is COc1ccc(CCNCBr)c(Cl)c1Cl. The van der Waals surface area contributed by atoms with Gasteiger partial charge in [-0.1, -0.05) is 45.2 Å². The van der Waals surface area contributed by atoms with Crippen LogP contribution in [0.15, 0.2) is 12.1 Å². The molecule has 0 saturated heterocycles. The largest absolute Gasteiger partial charge is 0.495 e. The van der Waals surface area contributed by atoms with Gasteiger partial charge in [-0.05, 0) is 18.1 Å². The van der Waals surface area contributed by atoms with Gasteiger partial charge < -0.3 is 10.1 Å². The fourth-order valence-electron chi connectivity index (χ4n) is 1.21. The summed E-state index contributed by atoms with van der Waals surface area (Å²) in [6.45, 7) is 0.855. The van der Waals surface area contributed by atoms with Crippen LogP contribution in [0.25, 0.3) is 0 Å². The van der Waals surface area contributed by atoms with Gasteiger partial charge in [0.2, 0.25) is 0 Å². The molecule has 0 spiro atoms. The van der Waals surface area contributed by atoms with Gasteiger partial charge in [0.1, 0.15) is 10.8 Å². The number of nitrogens with one attached hydrogen (secondary N) is 1. The zero-order valence-corrected chi connectivity index (χ0v) is 11.4. The molecule has 1 rings (SSSR count). The fourth-order valence-corrected chi connectivity index (χ4v) is 2.00. The number of halogens is 3. The van der Waals surface area contributed by atoms with Crippen LogP contribution in [0, 0.1) is 0 Å². The Labute approximate surface area is 108 Å². The van der Waals surface area contributed by atoms with E-state index in [9.17, 15) is 0 Å². The molecule has 15 heavy (non-hydrogen) atoms. The first kappa shape index (κ1) is 13.1. The lowest BCUT2D eigenvalue weighted by atomic mass is 10.1. The maximum absolute atomic E-state index is 6.10. The second-order valence-electron chi connectivity index (χ2n) is 2.94. The molecule has 0 bridgehead atoms. The molecule has 0 aliphatic heterocycles. The summed E-state index contributed by atoms with van der Waals surface area (Å²) in [6, 6.07) is 3.76. The number of hydrogen-bond acceptors (Lipinski definition) is 2. The average Bonchev–Trinajstić information content (AvgIpc) is 2.25. The van der Waals surface area contributed by atoms with Crippen LogP contribution in [0.4, 0.5) is 0 Å². The van der Waals surface area contributed by atoms with E-state index < -0.39 is 0 Å². The van der Waals surface area contributed by atoms with Crippen LogP contribution in [-0.4, -0.2) is 19.1 Å². The molecule has 2 nitrogen and oxygen atoms in total. The van der Waals surface area contributed by atoms with E-state index in [1.807, 2.05) is 12.1 Å². The first-order valence-corrected chi connectivity index (χ1v) is 6.36. The second-order valence-corrected chi connectivity index (χ2v) is 4.26. The summed E-state index contributed by atoms with van der Waals surface area (Å²) in [6.07, 6.45) is 0.841. The van der Waals surface area contributed by atoms with Crippen molar-refractivity contribution in [2.45, 2.75) is 6.42 Å². The zero-order chi connectivity index (χ0) is 11.3. The number of hydrogen-bond donors (Lipinski definition) is 1. The van der Waals surface area contributed by atoms with Crippen molar-refractivity contribution in [2.75, 3.05) is 19.1 Å². The highest BCUT2D eigenvalue weighted by Gasteiger charge is 2.09. The van der Waals surface area contributed by atoms with Gasteiger partial charge in [0.05, 0.1) is 17.6 Å². The molecule has 0 heterocycles. The number of rotatable bonds is 5. The Bertz CT molecular complexity index is 333. The summed E-state index contributed by atoms with van der Waals surface area (Å²) in [5.41, 5.74) is 1.80. The van der Waals surface area contributed by atoms with Crippen molar-refractivity contribution < 1.29 is 4.74 Å². The van der Waals surface area contributed by atoms with E-state index in [4.69, 9.17) is 27.9 Å². The number of ether oxygens (including phenoxy) is 1. The molecule has 0 radical (unpaired) electrons. The molecular weight excluding hydrogens is 301 g/mol. The molecule has 0 fully saturated rings. The summed E-state index contributed by atoms with van der Waals surface area (Å²) in [5, 5.41) is 4.21. The number of methoxy groups -OCH3 is 1. The van der Waals surface area contributed by atoms with Crippen LogP contribution in [0.1, 0.15) is 5.56 Å². The van der Waals surface area contributed by atoms with Gasteiger partial charge in [0.15, 0.2) is 0 Å². The van der Waals surface area contributed by atoms with Gasteiger partial charge in [-0.15, -0.1) is 0 Å². The average molecular weight is 313 g/mol.